The Morgan fingerprint density at radius 3 is 2.55 bits per heavy atom. The Bertz CT molecular complexity index is 485. The number of hydrogen-bond donors (Lipinski definition) is 0. The van der Waals surface area contributed by atoms with E-state index in [9.17, 15) is 13.2 Å². The molecule has 0 unspecified atom stereocenters. The lowest BCUT2D eigenvalue weighted by atomic mass is 10.1. The first-order valence-electron chi connectivity index (χ1n) is 7.79. The molecule has 3 fully saturated rings. The predicted molar refractivity (Wildman–Crippen MR) is 76.6 cm³/mol. The molecule has 0 N–H and O–H groups in total. The van der Waals surface area contributed by atoms with E-state index >= 15 is 0 Å². The van der Waals surface area contributed by atoms with Crippen LogP contribution < -0.4 is 0 Å². The Hall–Kier alpha value is -0.620. The quantitative estimate of drug-likeness (QED) is 0.787. The van der Waals surface area contributed by atoms with E-state index in [1.807, 2.05) is 4.90 Å². The van der Waals surface area contributed by atoms with E-state index in [-0.39, 0.29) is 17.7 Å². The van der Waals surface area contributed by atoms with Crippen molar-refractivity contribution in [3.05, 3.63) is 0 Å². The van der Waals surface area contributed by atoms with Gasteiger partial charge in [0.25, 0.3) is 0 Å². The van der Waals surface area contributed by atoms with Gasteiger partial charge in [0.2, 0.25) is 15.9 Å². The Morgan fingerprint density at radius 1 is 1.15 bits per heavy atom. The molecule has 5 nitrogen and oxygen atoms in total. The molecule has 0 spiro atoms. The first-order chi connectivity index (χ1) is 9.49. The fraction of sp³-hybridized carbons (Fsp3) is 0.929. The van der Waals surface area contributed by atoms with E-state index in [0.29, 0.717) is 12.5 Å². The third-order valence-electron chi connectivity index (χ3n) is 5.12. The van der Waals surface area contributed by atoms with Crippen molar-refractivity contribution in [1.82, 2.24) is 9.21 Å². The van der Waals surface area contributed by atoms with Crippen LogP contribution in [0, 0.1) is 5.92 Å². The number of rotatable bonds is 3. The summed E-state index contributed by atoms with van der Waals surface area (Å²) in [6, 6.07) is -0.409. The molecule has 1 aliphatic carbocycles. The molecule has 0 radical (unpaired) electrons. The second kappa shape index (κ2) is 5.30. The molecule has 6 heteroatoms. The normalized spacial score (nSPS) is 32.9. The molecular formula is C14H24N2O3S. The minimum absolute atomic E-state index is 0.00579. The Balaban J connectivity index is 1.76. The van der Waals surface area contributed by atoms with Gasteiger partial charge in [0.15, 0.2) is 0 Å². The van der Waals surface area contributed by atoms with Crippen molar-refractivity contribution in [1.29, 1.82) is 0 Å². The molecular weight excluding hydrogens is 276 g/mol. The van der Waals surface area contributed by atoms with Crippen molar-refractivity contribution in [3.63, 3.8) is 0 Å². The smallest absolute Gasteiger partial charge is 0.241 e. The lowest BCUT2D eigenvalue weighted by molar-refractivity contribution is -0.139. The van der Waals surface area contributed by atoms with Crippen LogP contribution in [0.25, 0.3) is 0 Å². The van der Waals surface area contributed by atoms with Gasteiger partial charge >= 0.3 is 0 Å². The number of hydrogen-bond acceptors (Lipinski definition) is 3. The largest absolute Gasteiger partial charge is 0.337 e. The zero-order chi connectivity index (χ0) is 14.3. The summed E-state index contributed by atoms with van der Waals surface area (Å²) in [5.41, 5.74) is 0. The number of carbonyl (C=O) groups is 1. The van der Waals surface area contributed by atoms with Gasteiger partial charge in [0, 0.05) is 19.1 Å². The number of amides is 1. The molecule has 2 heterocycles. The molecule has 3 aliphatic rings. The van der Waals surface area contributed by atoms with Crippen molar-refractivity contribution in [3.8, 4) is 0 Å². The molecule has 2 saturated heterocycles. The number of nitrogens with zero attached hydrogens (tertiary/aromatic N) is 2. The molecule has 20 heavy (non-hydrogen) atoms. The maximum absolute atomic E-state index is 12.6. The Kier molecular flexibility index (Phi) is 3.79. The summed E-state index contributed by atoms with van der Waals surface area (Å²) in [6.07, 6.45) is 6.26. The second-order valence-electron chi connectivity index (χ2n) is 6.50. The fourth-order valence-corrected chi connectivity index (χ4v) is 6.06. The molecule has 0 aromatic heterocycles. The summed E-state index contributed by atoms with van der Waals surface area (Å²) in [7, 11) is -3.30. The average molecular weight is 300 g/mol. The number of piperazine rings is 1. The number of carbonyl (C=O) groups excluding carboxylic acids is 1. The number of fused-ring (bicyclic) bond motifs is 1. The summed E-state index contributed by atoms with van der Waals surface area (Å²) < 4.78 is 26.8. The van der Waals surface area contributed by atoms with E-state index in [1.165, 1.54) is 4.31 Å². The van der Waals surface area contributed by atoms with Crippen LogP contribution in [0.1, 0.15) is 45.4 Å². The first-order valence-corrected chi connectivity index (χ1v) is 9.40. The highest BCUT2D eigenvalue weighted by molar-refractivity contribution is 7.89. The third-order valence-corrected chi connectivity index (χ3v) is 7.19. The highest BCUT2D eigenvalue weighted by Crippen LogP contribution is 2.31. The summed E-state index contributed by atoms with van der Waals surface area (Å²) in [4.78, 5) is 14.2. The lowest BCUT2D eigenvalue weighted by Gasteiger charge is -2.40. The van der Waals surface area contributed by atoms with E-state index in [0.717, 1.165) is 45.1 Å². The van der Waals surface area contributed by atoms with Gasteiger partial charge in [0.1, 0.15) is 6.04 Å². The van der Waals surface area contributed by atoms with Crippen LogP contribution in [0.4, 0.5) is 0 Å². The predicted octanol–water partition coefficient (Wildman–Crippen LogP) is 1.20. The topological polar surface area (TPSA) is 57.7 Å². The average Bonchev–Trinajstić information content (AvgIpc) is 3.03. The minimum atomic E-state index is -3.30. The van der Waals surface area contributed by atoms with Gasteiger partial charge in [-0.15, -0.1) is 0 Å². The molecule has 0 bridgehead atoms. The van der Waals surface area contributed by atoms with Crippen LogP contribution in [0.3, 0.4) is 0 Å². The summed E-state index contributed by atoms with van der Waals surface area (Å²) in [5, 5.41) is 0. The van der Waals surface area contributed by atoms with Crippen molar-refractivity contribution >= 4 is 15.9 Å². The Labute approximate surface area is 121 Å². The highest BCUT2D eigenvalue weighted by atomic mass is 32.2. The van der Waals surface area contributed by atoms with E-state index in [2.05, 4.69) is 0 Å². The highest BCUT2D eigenvalue weighted by Gasteiger charge is 2.45. The van der Waals surface area contributed by atoms with Gasteiger partial charge in [-0.1, -0.05) is 12.8 Å². The molecule has 2 aliphatic heterocycles. The molecule has 0 aromatic carbocycles. The van der Waals surface area contributed by atoms with Crippen LogP contribution in [0.2, 0.25) is 0 Å². The molecule has 1 saturated carbocycles. The van der Waals surface area contributed by atoms with Crippen LogP contribution in [0.5, 0.6) is 0 Å². The zero-order valence-electron chi connectivity index (χ0n) is 12.1. The van der Waals surface area contributed by atoms with Gasteiger partial charge in [0.05, 0.1) is 5.75 Å². The fourth-order valence-electron chi connectivity index (χ4n) is 3.97. The number of sulfonamides is 1. The lowest BCUT2D eigenvalue weighted by Crippen LogP contribution is -2.60. The van der Waals surface area contributed by atoms with Crippen LogP contribution >= 0.6 is 0 Å². The molecule has 0 aromatic rings. The monoisotopic (exact) mass is 300 g/mol. The SMILES string of the molecule is C[C@@H]1C(=O)N2CCC[C@H]2CN1S(=O)(=O)CC1CCCC1. The van der Waals surface area contributed by atoms with Crippen molar-refractivity contribution in [2.75, 3.05) is 18.8 Å². The van der Waals surface area contributed by atoms with Crippen molar-refractivity contribution < 1.29 is 13.2 Å². The van der Waals surface area contributed by atoms with Gasteiger partial charge in [-0.25, -0.2) is 8.42 Å². The summed E-state index contributed by atoms with van der Waals surface area (Å²) >= 11 is 0. The Morgan fingerprint density at radius 2 is 1.85 bits per heavy atom. The molecule has 1 amide bonds. The van der Waals surface area contributed by atoms with Crippen molar-refractivity contribution in [2.45, 2.75) is 57.5 Å². The van der Waals surface area contributed by atoms with Crippen LogP contribution in [-0.2, 0) is 14.8 Å². The minimum Gasteiger partial charge on any atom is -0.337 e. The summed E-state index contributed by atoms with van der Waals surface area (Å²) in [6.45, 7) is 3.04. The third kappa shape index (κ3) is 2.48. The van der Waals surface area contributed by atoms with E-state index in [4.69, 9.17) is 0 Å². The standard InChI is InChI=1S/C14H24N2O3S/c1-11-14(17)15-8-4-7-13(15)9-16(11)20(18,19)10-12-5-2-3-6-12/h11-13H,2-10H2,1H3/t11-,13+/m1/s1. The van der Waals surface area contributed by atoms with Crippen molar-refractivity contribution in [2.24, 2.45) is 5.92 Å². The second-order valence-corrected chi connectivity index (χ2v) is 8.47. The maximum atomic E-state index is 12.6. The van der Waals surface area contributed by atoms with Gasteiger partial charge in [-0.2, -0.15) is 4.31 Å². The van der Waals surface area contributed by atoms with Gasteiger partial charge in [-0.3, -0.25) is 4.79 Å². The molecule has 2 atom stereocenters. The van der Waals surface area contributed by atoms with Crippen LogP contribution in [-0.4, -0.2) is 54.5 Å². The van der Waals surface area contributed by atoms with Crippen LogP contribution in [0.15, 0.2) is 0 Å². The van der Waals surface area contributed by atoms with Gasteiger partial charge in [-0.05, 0) is 38.5 Å². The molecule has 114 valence electrons. The zero-order valence-corrected chi connectivity index (χ0v) is 12.9. The van der Waals surface area contributed by atoms with Gasteiger partial charge < -0.3 is 4.90 Å². The van der Waals surface area contributed by atoms with E-state index in [1.54, 1.807) is 6.92 Å². The molecule has 3 rings (SSSR count). The maximum Gasteiger partial charge on any atom is 0.241 e. The first kappa shape index (κ1) is 14.3. The van der Waals surface area contributed by atoms with E-state index < -0.39 is 16.1 Å². The summed E-state index contributed by atoms with van der Waals surface area (Å²) in [5.74, 6) is 0.523.